The van der Waals surface area contributed by atoms with Crippen LogP contribution in [0.2, 0.25) is 5.02 Å². The van der Waals surface area contributed by atoms with Gasteiger partial charge in [0.1, 0.15) is 0 Å². The van der Waals surface area contributed by atoms with Crippen LogP contribution in [-0.2, 0) is 22.2 Å². The van der Waals surface area contributed by atoms with Gasteiger partial charge in [-0.15, -0.1) is 0 Å². The average Bonchev–Trinajstić information content (AvgIpc) is 3.04. The largest absolute Gasteiger partial charge is 0.490 e. The monoisotopic (exact) mass is 736 g/mol. The molecule has 274 valence electrons. The van der Waals surface area contributed by atoms with Crippen molar-refractivity contribution < 1.29 is 37.2 Å². The number of carbonyl (C=O) groups is 2. The van der Waals surface area contributed by atoms with E-state index in [1.807, 2.05) is 18.2 Å². The quantitative estimate of drug-likeness (QED) is 0.159. The first-order valence-corrected chi connectivity index (χ1v) is 17.6. The lowest BCUT2D eigenvalue weighted by Gasteiger charge is -2.49. The third-order valence-corrected chi connectivity index (χ3v) is 10.1. The lowest BCUT2D eigenvalue weighted by atomic mass is 9.63. The number of nitro benzene ring substituents is 1. The summed E-state index contributed by atoms with van der Waals surface area (Å²) in [5, 5.41) is 11.8. The Bertz CT molecular complexity index is 1960. The van der Waals surface area contributed by atoms with Crippen LogP contribution in [0.15, 0.2) is 83.2 Å². The summed E-state index contributed by atoms with van der Waals surface area (Å²) in [6.07, 6.45) is -2.34. The van der Waals surface area contributed by atoms with Gasteiger partial charge in [-0.2, -0.15) is 13.2 Å². The predicted octanol–water partition coefficient (Wildman–Crippen LogP) is 10.4. The van der Waals surface area contributed by atoms with Gasteiger partial charge < -0.3 is 14.4 Å². The van der Waals surface area contributed by atoms with Crippen LogP contribution in [0.1, 0.15) is 82.9 Å². The normalized spacial score (nSPS) is 18.7. The molecule has 0 bridgehead atoms. The minimum atomic E-state index is -4.81. The molecular formula is C40H40ClF3N2O6. The topological polar surface area (TPSA) is 99.0 Å². The number of carbonyl (C=O) groups excluding carboxylic acids is 2. The number of nitro groups is 1. The number of nitrogens with zero attached hydrogens (tertiary/aromatic N) is 2. The van der Waals surface area contributed by atoms with Gasteiger partial charge in [-0.1, -0.05) is 69.6 Å². The Balaban J connectivity index is 1.51. The Morgan fingerprint density at radius 3 is 2.02 bits per heavy atom. The Hall–Kier alpha value is -4.64. The standard InChI is InChI=1S/C40H40ClF3N2O6/c1-6-51-33-17-24(16-26(41)37(33)52-32-13-12-25(40(42,43)44)18-27(32)46(49)50)34-35-28(19-38(2,3)21-30(35)47)45(15-14-23-10-8-7-9-11-23)29-20-39(4,5)22-31(48)36(29)34/h7-13,16-18,34H,6,14-15,19-22H2,1-5H3. The number of alkyl halides is 3. The van der Waals surface area contributed by atoms with Crippen molar-refractivity contribution in [1.29, 1.82) is 0 Å². The molecule has 0 spiro atoms. The molecule has 0 unspecified atom stereocenters. The van der Waals surface area contributed by atoms with Gasteiger partial charge in [0.15, 0.2) is 23.1 Å². The van der Waals surface area contributed by atoms with Gasteiger partial charge in [-0.05, 0) is 72.4 Å². The Morgan fingerprint density at radius 2 is 1.48 bits per heavy atom. The Morgan fingerprint density at radius 1 is 0.885 bits per heavy atom. The summed E-state index contributed by atoms with van der Waals surface area (Å²) < 4.78 is 52.0. The molecule has 0 saturated heterocycles. The Labute approximate surface area is 305 Å². The van der Waals surface area contributed by atoms with Crippen LogP contribution in [0, 0.1) is 20.9 Å². The lowest BCUT2D eigenvalue weighted by molar-refractivity contribution is -0.385. The molecule has 6 rings (SSSR count). The molecule has 0 fully saturated rings. The van der Waals surface area contributed by atoms with E-state index in [-0.39, 0.29) is 58.4 Å². The van der Waals surface area contributed by atoms with E-state index in [0.717, 1.165) is 23.0 Å². The number of hydrogen-bond donors (Lipinski definition) is 0. The third-order valence-electron chi connectivity index (χ3n) is 9.85. The maximum Gasteiger partial charge on any atom is 0.416 e. The van der Waals surface area contributed by atoms with Crippen molar-refractivity contribution in [3.8, 4) is 17.2 Å². The van der Waals surface area contributed by atoms with E-state index >= 15 is 0 Å². The van der Waals surface area contributed by atoms with E-state index in [1.54, 1.807) is 19.1 Å². The highest BCUT2D eigenvalue weighted by Crippen LogP contribution is 2.56. The molecule has 3 aliphatic rings. The van der Waals surface area contributed by atoms with Crippen molar-refractivity contribution in [2.24, 2.45) is 10.8 Å². The van der Waals surface area contributed by atoms with Gasteiger partial charge in [0.25, 0.3) is 0 Å². The van der Waals surface area contributed by atoms with Gasteiger partial charge in [0, 0.05) is 53.9 Å². The summed E-state index contributed by atoms with van der Waals surface area (Å²) in [5.74, 6) is -1.46. The predicted molar refractivity (Wildman–Crippen MR) is 190 cm³/mol. The SMILES string of the molecule is CCOc1cc(C2C3=C(CC(C)(C)CC3=O)N(CCc3ccccc3)C3=C2C(=O)CC(C)(C)C3)cc(Cl)c1Oc1ccc(C(F)(F)F)cc1[N+](=O)[O-]. The van der Waals surface area contributed by atoms with Crippen LogP contribution in [0.4, 0.5) is 18.9 Å². The van der Waals surface area contributed by atoms with Crippen molar-refractivity contribution in [2.45, 2.75) is 78.8 Å². The fraction of sp³-hybridized carbons (Fsp3) is 0.400. The molecule has 0 saturated carbocycles. The molecule has 2 aliphatic carbocycles. The number of hydrogen-bond acceptors (Lipinski definition) is 7. The smallest absolute Gasteiger partial charge is 0.416 e. The molecule has 12 heteroatoms. The van der Waals surface area contributed by atoms with Crippen LogP contribution >= 0.6 is 11.6 Å². The highest BCUT2D eigenvalue weighted by molar-refractivity contribution is 6.32. The molecule has 1 heterocycles. The zero-order valence-electron chi connectivity index (χ0n) is 29.7. The maximum atomic E-state index is 14.3. The first kappa shape index (κ1) is 37.1. The minimum Gasteiger partial charge on any atom is -0.490 e. The van der Waals surface area contributed by atoms with Gasteiger partial charge in [0.05, 0.1) is 22.1 Å². The summed E-state index contributed by atoms with van der Waals surface area (Å²) in [5.41, 5.74) is 1.68. The van der Waals surface area contributed by atoms with Gasteiger partial charge in [0.2, 0.25) is 5.75 Å². The van der Waals surface area contributed by atoms with E-state index < -0.39 is 34.0 Å². The molecule has 0 amide bonds. The molecular weight excluding hydrogens is 697 g/mol. The zero-order valence-corrected chi connectivity index (χ0v) is 30.4. The first-order valence-electron chi connectivity index (χ1n) is 17.2. The molecule has 0 atom stereocenters. The number of Topliss-reactive ketones (excluding diaryl/α,β-unsaturated/α-hetero) is 2. The van der Waals surface area contributed by atoms with E-state index in [2.05, 4.69) is 44.7 Å². The molecule has 52 heavy (non-hydrogen) atoms. The van der Waals surface area contributed by atoms with Crippen molar-refractivity contribution >= 4 is 28.9 Å². The van der Waals surface area contributed by atoms with Gasteiger partial charge in [-0.25, -0.2) is 0 Å². The van der Waals surface area contributed by atoms with Crippen molar-refractivity contribution in [2.75, 3.05) is 13.2 Å². The zero-order chi connectivity index (χ0) is 37.7. The van der Waals surface area contributed by atoms with Crippen molar-refractivity contribution in [3.05, 3.63) is 115 Å². The summed E-state index contributed by atoms with van der Waals surface area (Å²) >= 11 is 6.87. The van der Waals surface area contributed by atoms with Crippen LogP contribution in [0.25, 0.3) is 0 Å². The molecule has 1 aliphatic heterocycles. The van der Waals surface area contributed by atoms with E-state index in [0.29, 0.717) is 54.6 Å². The minimum absolute atomic E-state index is 0.0573. The lowest BCUT2D eigenvalue weighted by Crippen LogP contribution is -2.45. The summed E-state index contributed by atoms with van der Waals surface area (Å²) in [4.78, 5) is 41.7. The number of halogens is 4. The fourth-order valence-corrected chi connectivity index (χ4v) is 7.94. The summed E-state index contributed by atoms with van der Waals surface area (Å²) in [6.45, 7) is 10.7. The molecule has 0 N–H and O–H groups in total. The van der Waals surface area contributed by atoms with E-state index in [4.69, 9.17) is 21.1 Å². The van der Waals surface area contributed by atoms with Gasteiger partial charge >= 0.3 is 11.9 Å². The molecule has 3 aromatic carbocycles. The number of benzene rings is 3. The van der Waals surface area contributed by atoms with E-state index in [9.17, 15) is 32.9 Å². The van der Waals surface area contributed by atoms with Crippen molar-refractivity contribution in [1.82, 2.24) is 4.90 Å². The highest BCUT2D eigenvalue weighted by Gasteiger charge is 2.49. The number of ether oxygens (including phenoxy) is 2. The second-order valence-corrected chi connectivity index (χ2v) is 15.6. The average molecular weight is 737 g/mol. The second kappa shape index (κ2) is 13.7. The van der Waals surface area contributed by atoms with Crippen molar-refractivity contribution in [3.63, 3.8) is 0 Å². The van der Waals surface area contributed by atoms with Crippen LogP contribution in [-0.4, -0.2) is 34.5 Å². The van der Waals surface area contributed by atoms with Crippen LogP contribution < -0.4 is 9.47 Å². The molecule has 8 nitrogen and oxygen atoms in total. The van der Waals surface area contributed by atoms with Crippen LogP contribution in [0.3, 0.4) is 0 Å². The van der Waals surface area contributed by atoms with Crippen LogP contribution in [0.5, 0.6) is 17.2 Å². The van der Waals surface area contributed by atoms with Gasteiger partial charge in [-0.3, -0.25) is 19.7 Å². The number of allylic oxidation sites excluding steroid dienone is 4. The highest BCUT2D eigenvalue weighted by atomic mass is 35.5. The fourth-order valence-electron chi connectivity index (χ4n) is 7.69. The molecule has 0 aromatic heterocycles. The van der Waals surface area contributed by atoms with E-state index in [1.165, 1.54) is 0 Å². The summed E-state index contributed by atoms with van der Waals surface area (Å²) in [7, 11) is 0. The first-order chi connectivity index (χ1) is 24.4. The number of ketones is 2. The maximum absolute atomic E-state index is 14.3. The second-order valence-electron chi connectivity index (χ2n) is 15.2. The molecule has 3 aromatic rings. The number of rotatable bonds is 9. The summed E-state index contributed by atoms with van der Waals surface area (Å²) in [6, 6.07) is 15.2. The third kappa shape index (κ3) is 7.33. The molecule has 0 radical (unpaired) electrons. The Kier molecular flexibility index (Phi) is 9.80.